The summed E-state index contributed by atoms with van der Waals surface area (Å²) in [5.41, 5.74) is 1.21. The maximum Gasteiger partial charge on any atom is 0.333 e. The highest BCUT2D eigenvalue weighted by Gasteiger charge is 2.02. The maximum atomic E-state index is 11.2. The van der Waals surface area contributed by atoms with Gasteiger partial charge in [0.05, 0.1) is 18.9 Å². The Kier molecular flexibility index (Phi) is 8.69. The van der Waals surface area contributed by atoms with Crippen LogP contribution in [0.5, 0.6) is 5.75 Å². The highest BCUT2D eigenvalue weighted by Crippen LogP contribution is 2.20. The molecule has 0 aliphatic rings. The number of ether oxygens (including phenoxy) is 2. The van der Waals surface area contributed by atoms with Crippen LogP contribution < -0.4 is 4.74 Å². The molecule has 0 aliphatic carbocycles. The minimum atomic E-state index is -0.323. The van der Waals surface area contributed by atoms with Crippen molar-refractivity contribution < 1.29 is 14.3 Å². The molecule has 0 aliphatic heterocycles. The number of rotatable bonds is 11. The van der Waals surface area contributed by atoms with Gasteiger partial charge in [0.2, 0.25) is 0 Å². The van der Waals surface area contributed by atoms with Crippen LogP contribution >= 0.6 is 0 Å². The summed E-state index contributed by atoms with van der Waals surface area (Å²) >= 11 is 0. The molecule has 6 heteroatoms. The lowest BCUT2D eigenvalue weighted by Crippen LogP contribution is -2.06. The molecule has 0 fully saturated rings. The molecule has 27 heavy (non-hydrogen) atoms. The SMILES string of the molecule is C=C(C)C(=O)OCCCCCCOc1ccnc(N=Nc2ccccc2)c1. The molecule has 0 amide bonds. The number of nitrogens with zero attached hydrogens (tertiary/aromatic N) is 3. The zero-order chi connectivity index (χ0) is 19.3. The molecule has 0 N–H and O–H groups in total. The van der Waals surface area contributed by atoms with Crippen molar-refractivity contribution in [1.82, 2.24) is 4.98 Å². The Balaban J connectivity index is 1.63. The van der Waals surface area contributed by atoms with E-state index in [-0.39, 0.29) is 5.97 Å². The quantitative estimate of drug-likeness (QED) is 0.226. The van der Waals surface area contributed by atoms with Gasteiger partial charge in [0.1, 0.15) is 5.75 Å². The normalized spacial score (nSPS) is 10.7. The minimum Gasteiger partial charge on any atom is -0.493 e. The van der Waals surface area contributed by atoms with Gasteiger partial charge < -0.3 is 9.47 Å². The van der Waals surface area contributed by atoms with Gasteiger partial charge in [-0.1, -0.05) is 24.8 Å². The number of azo groups is 1. The molecule has 0 atom stereocenters. The van der Waals surface area contributed by atoms with Crippen LogP contribution in [0.15, 0.2) is 71.0 Å². The summed E-state index contributed by atoms with van der Waals surface area (Å²) in [7, 11) is 0. The van der Waals surface area contributed by atoms with E-state index in [0.29, 0.717) is 24.6 Å². The Morgan fingerprint density at radius 1 is 1.04 bits per heavy atom. The molecule has 2 aromatic rings. The number of benzene rings is 1. The Bertz CT molecular complexity index is 760. The van der Waals surface area contributed by atoms with Crippen molar-refractivity contribution in [3.8, 4) is 5.75 Å². The molecule has 6 nitrogen and oxygen atoms in total. The van der Waals surface area contributed by atoms with Crippen LogP contribution in [0.3, 0.4) is 0 Å². The fourth-order valence-electron chi connectivity index (χ4n) is 2.18. The van der Waals surface area contributed by atoms with E-state index < -0.39 is 0 Å². The summed E-state index contributed by atoms with van der Waals surface area (Å²) in [5, 5.41) is 8.27. The topological polar surface area (TPSA) is 73.1 Å². The molecule has 0 spiro atoms. The number of hydrogen-bond acceptors (Lipinski definition) is 6. The summed E-state index contributed by atoms with van der Waals surface area (Å²) in [6.07, 6.45) is 5.43. The predicted molar refractivity (Wildman–Crippen MR) is 105 cm³/mol. The number of hydrogen-bond donors (Lipinski definition) is 0. The van der Waals surface area contributed by atoms with Gasteiger partial charge in [-0.25, -0.2) is 9.78 Å². The number of carbonyl (C=O) groups is 1. The van der Waals surface area contributed by atoms with E-state index in [1.807, 2.05) is 30.3 Å². The maximum absolute atomic E-state index is 11.2. The zero-order valence-electron chi connectivity index (χ0n) is 15.6. The van der Waals surface area contributed by atoms with Crippen molar-refractivity contribution in [2.45, 2.75) is 32.6 Å². The summed E-state index contributed by atoms with van der Waals surface area (Å²) < 4.78 is 10.8. The number of esters is 1. The molecule has 0 unspecified atom stereocenters. The van der Waals surface area contributed by atoms with E-state index in [2.05, 4.69) is 21.8 Å². The second kappa shape index (κ2) is 11.6. The molecule has 2 rings (SSSR count). The first-order valence-electron chi connectivity index (χ1n) is 9.03. The van der Waals surface area contributed by atoms with Crippen molar-refractivity contribution in [1.29, 1.82) is 0 Å². The lowest BCUT2D eigenvalue weighted by molar-refractivity contribution is -0.139. The van der Waals surface area contributed by atoms with Crippen LogP contribution in [0.1, 0.15) is 32.6 Å². The number of pyridine rings is 1. The smallest absolute Gasteiger partial charge is 0.333 e. The van der Waals surface area contributed by atoms with Crippen LogP contribution in [-0.4, -0.2) is 24.2 Å². The molecule has 0 saturated heterocycles. The standard InChI is InChI=1S/C21H25N3O3/c1-17(2)21(25)27-15-9-4-3-8-14-26-19-12-13-22-20(16-19)24-23-18-10-6-5-7-11-18/h5-7,10-13,16H,1,3-4,8-9,14-15H2,2H3. The van der Waals surface area contributed by atoms with E-state index >= 15 is 0 Å². The zero-order valence-corrected chi connectivity index (χ0v) is 15.6. The lowest BCUT2D eigenvalue weighted by Gasteiger charge is -2.07. The fourth-order valence-corrected chi connectivity index (χ4v) is 2.18. The Hall–Kier alpha value is -3.02. The number of carbonyl (C=O) groups excluding carboxylic acids is 1. The lowest BCUT2D eigenvalue weighted by atomic mass is 10.2. The molecule has 0 bridgehead atoms. The first-order chi connectivity index (χ1) is 13.1. The van der Waals surface area contributed by atoms with E-state index in [1.54, 1.807) is 25.3 Å². The minimum absolute atomic E-state index is 0.323. The third-order valence-electron chi connectivity index (χ3n) is 3.63. The van der Waals surface area contributed by atoms with Crippen LogP contribution in [0, 0.1) is 0 Å². The van der Waals surface area contributed by atoms with Crippen LogP contribution in [0.4, 0.5) is 11.5 Å². The van der Waals surface area contributed by atoms with Crippen molar-refractivity contribution in [3.63, 3.8) is 0 Å². The van der Waals surface area contributed by atoms with Crippen molar-refractivity contribution in [2.75, 3.05) is 13.2 Å². The summed E-state index contributed by atoms with van der Waals surface area (Å²) in [4.78, 5) is 15.4. The molecule has 142 valence electrons. The van der Waals surface area contributed by atoms with Gasteiger partial charge in [0.25, 0.3) is 0 Å². The third kappa shape index (κ3) is 8.27. The molecular formula is C21H25N3O3. The molecule has 1 aromatic heterocycles. The van der Waals surface area contributed by atoms with Gasteiger partial charge in [0, 0.05) is 17.8 Å². The Morgan fingerprint density at radius 2 is 1.78 bits per heavy atom. The second-order valence-corrected chi connectivity index (χ2v) is 6.06. The largest absolute Gasteiger partial charge is 0.493 e. The molecule has 1 heterocycles. The first-order valence-corrected chi connectivity index (χ1v) is 9.03. The summed E-state index contributed by atoms with van der Waals surface area (Å²) in [6, 6.07) is 13.1. The van der Waals surface area contributed by atoms with Crippen molar-refractivity contribution in [2.24, 2.45) is 10.2 Å². The van der Waals surface area contributed by atoms with Gasteiger partial charge in [0.15, 0.2) is 5.82 Å². The molecule has 1 aromatic carbocycles. The number of unbranched alkanes of at least 4 members (excludes halogenated alkanes) is 3. The van der Waals surface area contributed by atoms with Crippen molar-refractivity contribution >= 4 is 17.5 Å². The van der Waals surface area contributed by atoms with E-state index in [1.165, 1.54) is 0 Å². The second-order valence-electron chi connectivity index (χ2n) is 6.06. The van der Waals surface area contributed by atoms with Gasteiger partial charge in [-0.3, -0.25) is 0 Å². The Labute approximate surface area is 160 Å². The monoisotopic (exact) mass is 367 g/mol. The van der Waals surface area contributed by atoms with Crippen LogP contribution in [0.25, 0.3) is 0 Å². The van der Waals surface area contributed by atoms with Gasteiger partial charge in [-0.15, -0.1) is 10.2 Å². The average Bonchev–Trinajstić information content (AvgIpc) is 2.69. The molecular weight excluding hydrogens is 342 g/mol. The van der Waals surface area contributed by atoms with Gasteiger partial charge in [-0.2, -0.15) is 0 Å². The van der Waals surface area contributed by atoms with E-state index in [9.17, 15) is 4.79 Å². The summed E-state index contributed by atoms with van der Waals surface area (Å²) in [5.74, 6) is 0.911. The molecule has 0 saturated carbocycles. The summed E-state index contributed by atoms with van der Waals surface area (Å²) in [6.45, 7) is 6.25. The highest BCUT2D eigenvalue weighted by atomic mass is 16.5. The predicted octanol–water partition coefficient (Wildman–Crippen LogP) is 5.56. The highest BCUT2D eigenvalue weighted by molar-refractivity contribution is 5.86. The van der Waals surface area contributed by atoms with Crippen LogP contribution in [-0.2, 0) is 9.53 Å². The Morgan fingerprint density at radius 3 is 2.52 bits per heavy atom. The van der Waals surface area contributed by atoms with E-state index in [4.69, 9.17) is 9.47 Å². The number of aromatic nitrogens is 1. The van der Waals surface area contributed by atoms with Gasteiger partial charge in [-0.05, 0) is 50.8 Å². The molecule has 0 radical (unpaired) electrons. The van der Waals surface area contributed by atoms with E-state index in [0.717, 1.165) is 37.1 Å². The first kappa shape index (κ1) is 20.3. The average molecular weight is 367 g/mol. The van der Waals surface area contributed by atoms with Crippen molar-refractivity contribution in [3.05, 3.63) is 60.8 Å². The fraction of sp³-hybridized carbons (Fsp3) is 0.333. The van der Waals surface area contributed by atoms with Gasteiger partial charge >= 0.3 is 5.97 Å². The third-order valence-corrected chi connectivity index (χ3v) is 3.63. The van der Waals surface area contributed by atoms with Crippen LogP contribution in [0.2, 0.25) is 0 Å².